The van der Waals surface area contributed by atoms with E-state index in [0.717, 1.165) is 31.0 Å². The van der Waals surface area contributed by atoms with Gasteiger partial charge in [0.2, 0.25) is 10.0 Å². The van der Waals surface area contributed by atoms with Gasteiger partial charge in [-0.25, -0.2) is 17.7 Å². The zero-order valence-electron chi connectivity index (χ0n) is 14.2. The molecule has 1 aliphatic heterocycles. The largest absolute Gasteiger partial charge is 0.330 e. The van der Waals surface area contributed by atoms with Gasteiger partial charge in [0, 0.05) is 37.9 Å². The Hall–Kier alpha value is -1.74. The number of rotatable bonds is 6. The molecule has 132 valence electrons. The van der Waals surface area contributed by atoms with Crippen molar-refractivity contribution in [3.05, 3.63) is 30.4 Å². The van der Waals surface area contributed by atoms with Crippen molar-refractivity contribution in [1.29, 1.82) is 0 Å². The Morgan fingerprint density at radius 3 is 2.54 bits per heavy atom. The second-order valence-electron chi connectivity index (χ2n) is 6.03. The van der Waals surface area contributed by atoms with Gasteiger partial charge >= 0.3 is 0 Å². The molecule has 2 aromatic rings. The highest BCUT2D eigenvalue weighted by atomic mass is 32.2. The molecular formula is C15H24N6O2S. The highest BCUT2D eigenvalue weighted by Crippen LogP contribution is 2.28. The van der Waals surface area contributed by atoms with Gasteiger partial charge in [0.05, 0.1) is 18.6 Å². The predicted octanol–water partition coefficient (Wildman–Crippen LogP) is 1.07. The molecule has 1 saturated heterocycles. The van der Waals surface area contributed by atoms with Crippen LogP contribution in [-0.4, -0.2) is 55.9 Å². The van der Waals surface area contributed by atoms with E-state index >= 15 is 0 Å². The number of nitrogens with zero attached hydrogens (tertiary/aromatic N) is 6. The van der Waals surface area contributed by atoms with Gasteiger partial charge in [-0.2, -0.15) is 0 Å². The summed E-state index contributed by atoms with van der Waals surface area (Å²) in [5.41, 5.74) is 0. The Morgan fingerprint density at radius 2 is 1.96 bits per heavy atom. The second-order valence-corrected chi connectivity index (χ2v) is 8.29. The fraction of sp³-hybridized carbons (Fsp3) is 0.667. The molecule has 1 fully saturated rings. The summed E-state index contributed by atoms with van der Waals surface area (Å²) >= 11 is 0. The number of aromatic nitrogens is 5. The third kappa shape index (κ3) is 3.36. The first-order valence-corrected chi connectivity index (χ1v) is 10.0. The summed E-state index contributed by atoms with van der Waals surface area (Å²) in [5.74, 6) is 2.31. The molecule has 0 radical (unpaired) electrons. The third-order valence-electron chi connectivity index (χ3n) is 4.63. The number of hydrogen-bond acceptors (Lipinski definition) is 5. The monoisotopic (exact) mass is 352 g/mol. The van der Waals surface area contributed by atoms with Crippen molar-refractivity contribution in [3.63, 3.8) is 0 Å². The summed E-state index contributed by atoms with van der Waals surface area (Å²) < 4.78 is 29.7. The van der Waals surface area contributed by atoms with Gasteiger partial charge in [-0.15, -0.1) is 10.2 Å². The van der Waals surface area contributed by atoms with Crippen LogP contribution in [0.3, 0.4) is 0 Å². The van der Waals surface area contributed by atoms with Crippen molar-refractivity contribution < 1.29 is 8.42 Å². The molecule has 0 bridgehead atoms. The third-order valence-corrected chi connectivity index (χ3v) is 6.51. The number of imidazole rings is 1. The smallest absolute Gasteiger partial charge is 0.213 e. The van der Waals surface area contributed by atoms with Crippen LogP contribution in [0.2, 0.25) is 0 Å². The second kappa shape index (κ2) is 7.02. The molecule has 0 aliphatic carbocycles. The lowest BCUT2D eigenvalue weighted by atomic mass is 9.97. The Balaban J connectivity index is 1.73. The first-order chi connectivity index (χ1) is 11.5. The van der Waals surface area contributed by atoms with Gasteiger partial charge < -0.3 is 9.13 Å². The fourth-order valence-electron chi connectivity index (χ4n) is 3.23. The van der Waals surface area contributed by atoms with Crippen LogP contribution in [0, 0.1) is 0 Å². The number of hydrogen-bond donors (Lipinski definition) is 0. The van der Waals surface area contributed by atoms with Gasteiger partial charge in [0.1, 0.15) is 5.82 Å². The van der Waals surface area contributed by atoms with Crippen molar-refractivity contribution in [2.45, 2.75) is 45.7 Å². The lowest BCUT2D eigenvalue weighted by molar-refractivity contribution is 0.309. The van der Waals surface area contributed by atoms with E-state index in [-0.39, 0.29) is 11.7 Å². The molecule has 9 heteroatoms. The number of piperidine rings is 1. The topological polar surface area (TPSA) is 85.9 Å². The molecular weight excluding hydrogens is 328 g/mol. The standard InChI is InChI=1S/C15H24N6O2S/c1-3-21-14(11-19-10-7-16-12-19)17-18-15(21)13-5-8-20(9-6-13)24(22,23)4-2/h7,10,12-13H,3-6,8-9,11H2,1-2H3. The first-order valence-electron chi connectivity index (χ1n) is 8.40. The Bertz CT molecular complexity index is 760. The molecule has 0 atom stereocenters. The minimum Gasteiger partial charge on any atom is -0.330 e. The highest BCUT2D eigenvalue weighted by molar-refractivity contribution is 7.89. The Labute approximate surface area is 142 Å². The van der Waals surface area contributed by atoms with Crippen LogP contribution in [0.15, 0.2) is 18.7 Å². The Morgan fingerprint density at radius 1 is 1.21 bits per heavy atom. The molecule has 8 nitrogen and oxygen atoms in total. The van der Waals surface area contributed by atoms with Crippen LogP contribution >= 0.6 is 0 Å². The van der Waals surface area contributed by atoms with E-state index in [2.05, 4.69) is 26.7 Å². The molecule has 0 N–H and O–H groups in total. The van der Waals surface area contributed by atoms with Gasteiger partial charge in [-0.3, -0.25) is 0 Å². The summed E-state index contributed by atoms with van der Waals surface area (Å²) in [6, 6.07) is 0. The quantitative estimate of drug-likeness (QED) is 0.776. The molecule has 0 unspecified atom stereocenters. The van der Waals surface area contributed by atoms with E-state index in [0.29, 0.717) is 19.6 Å². The molecule has 0 saturated carbocycles. The maximum Gasteiger partial charge on any atom is 0.213 e. The zero-order valence-corrected chi connectivity index (χ0v) is 15.0. The molecule has 0 aromatic carbocycles. The zero-order chi connectivity index (χ0) is 17.2. The minimum absolute atomic E-state index is 0.165. The normalized spacial score (nSPS) is 17.4. The summed E-state index contributed by atoms with van der Waals surface area (Å²) in [4.78, 5) is 4.05. The maximum atomic E-state index is 12.0. The minimum atomic E-state index is -3.09. The van der Waals surface area contributed by atoms with Crippen molar-refractivity contribution >= 4 is 10.0 Å². The van der Waals surface area contributed by atoms with Crippen molar-refractivity contribution in [2.24, 2.45) is 0 Å². The molecule has 24 heavy (non-hydrogen) atoms. The fourth-order valence-corrected chi connectivity index (χ4v) is 4.36. The van der Waals surface area contributed by atoms with E-state index in [9.17, 15) is 8.42 Å². The van der Waals surface area contributed by atoms with Crippen molar-refractivity contribution in [2.75, 3.05) is 18.8 Å². The maximum absolute atomic E-state index is 12.0. The van der Waals surface area contributed by atoms with Gasteiger partial charge in [0.25, 0.3) is 0 Å². The molecule has 2 aromatic heterocycles. The molecule has 3 heterocycles. The summed E-state index contributed by atoms with van der Waals surface area (Å²) in [5, 5.41) is 8.76. The van der Waals surface area contributed by atoms with Crippen LogP contribution in [0.25, 0.3) is 0 Å². The molecule has 0 spiro atoms. The van der Waals surface area contributed by atoms with E-state index in [1.54, 1.807) is 23.8 Å². The molecule has 1 aliphatic rings. The average Bonchev–Trinajstić information content (AvgIpc) is 3.25. The summed E-state index contributed by atoms with van der Waals surface area (Å²) in [6.45, 7) is 6.35. The van der Waals surface area contributed by atoms with Crippen LogP contribution in [0.5, 0.6) is 0 Å². The lowest BCUT2D eigenvalue weighted by Gasteiger charge is -2.30. The number of sulfonamides is 1. The summed E-state index contributed by atoms with van der Waals surface area (Å²) in [7, 11) is -3.09. The summed E-state index contributed by atoms with van der Waals surface area (Å²) in [6.07, 6.45) is 7.01. The van der Waals surface area contributed by atoms with Gasteiger partial charge in [-0.05, 0) is 26.7 Å². The van der Waals surface area contributed by atoms with Crippen LogP contribution in [-0.2, 0) is 23.1 Å². The van der Waals surface area contributed by atoms with Gasteiger partial charge in [-0.1, -0.05) is 0 Å². The van der Waals surface area contributed by atoms with Crippen molar-refractivity contribution in [1.82, 2.24) is 28.6 Å². The predicted molar refractivity (Wildman–Crippen MR) is 90.0 cm³/mol. The Kier molecular flexibility index (Phi) is 5.00. The van der Waals surface area contributed by atoms with E-state index in [4.69, 9.17) is 0 Å². The average molecular weight is 352 g/mol. The lowest BCUT2D eigenvalue weighted by Crippen LogP contribution is -2.39. The molecule has 3 rings (SSSR count). The molecule has 0 amide bonds. The van der Waals surface area contributed by atoms with E-state index in [1.165, 1.54) is 0 Å². The van der Waals surface area contributed by atoms with Crippen molar-refractivity contribution in [3.8, 4) is 0 Å². The van der Waals surface area contributed by atoms with Crippen LogP contribution in [0.4, 0.5) is 0 Å². The van der Waals surface area contributed by atoms with E-state index < -0.39 is 10.0 Å². The first kappa shape index (κ1) is 17.1. The van der Waals surface area contributed by atoms with E-state index in [1.807, 2.05) is 10.8 Å². The highest BCUT2D eigenvalue weighted by Gasteiger charge is 2.30. The van der Waals surface area contributed by atoms with Gasteiger partial charge in [0.15, 0.2) is 5.82 Å². The van der Waals surface area contributed by atoms with Crippen LogP contribution < -0.4 is 0 Å². The van der Waals surface area contributed by atoms with Crippen LogP contribution in [0.1, 0.15) is 44.3 Å². The SMILES string of the molecule is CCn1c(Cn2ccnc2)nnc1C1CCN(S(=O)(=O)CC)CC1.